The number of hydrogen-bond donors (Lipinski definition) is 3. The van der Waals surface area contributed by atoms with E-state index in [1.807, 2.05) is 12.1 Å². The molecule has 0 aliphatic heterocycles. The van der Waals surface area contributed by atoms with Gasteiger partial charge in [-0.2, -0.15) is 0 Å². The van der Waals surface area contributed by atoms with E-state index >= 15 is 0 Å². The van der Waals surface area contributed by atoms with Gasteiger partial charge in [-0.15, -0.1) is 0 Å². The third kappa shape index (κ3) is 3.41. The summed E-state index contributed by atoms with van der Waals surface area (Å²) in [5.41, 5.74) is 8.73. The van der Waals surface area contributed by atoms with Crippen LogP contribution < -0.4 is 5.73 Å². The van der Waals surface area contributed by atoms with Crippen molar-refractivity contribution in [3.05, 3.63) is 95.1 Å². The molecule has 4 rings (SSSR count). The molecule has 0 spiro atoms. The minimum Gasteiger partial charge on any atom is -0.504 e. The molecule has 0 amide bonds. The van der Waals surface area contributed by atoms with Crippen molar-refractivity contribution in [2.45, 2.75) is 18.4 Å². The van der Waals surface area contributed by atoms with Crippen molar-refractivity contribution in [3.8, 4) is 11.5 Å². The van der Waals surface area contributed by atoms with E-state index in [0.717, 1.165) is 0 Å². The molecule has 29 heavy (non-hydrogen) atoms. The molecular weight excluding hydrogens is 366 g/mol. The predicted octanol–water partition coefficient (Wildman–Crippen LogP) is 3.45. The Kier molecular flexibility index (Phi) is 4.91. The molecule has 0 saturated heterocycles. The number of ketones is 2. The molecule has 5 heteroatoms. The number of nitrogens with two attached hydrogens (primary N) is 1. The van der Waals surface area contributed by atoms with Gasteiger partial charge in [-0.05, 0) is 29.7 Å². The van der Waals surface area contributed by atoms with Gasteiger partial charge in [0, 0.05) is 23.1 Å². The highest BCUT2D eigenvalue weighted by molar-refractivity contribution is 6.04. The minimum atomic E-state index is -0.801. The number of carbonyl (C=O) groups is 2. The Morgan fingerprint density at radius 2 is 1.31 bits per heavy atom. The lowest BCUT2D eigenvalue weighted by molar-refractivity contribution is 0.0846. The minimum absolute atomic E-state index is 0.137. The highest BCUT2D eigenvalue weighted by Gasteiger charge is 2.42. The number of hydrogen-bond acceptors (Lipinski definition) is 5. The number of rotatable bonds is 4. The van der Waals surface area contributed by atoms with Crippen LogP contribution in [-0.2, 0) is 6.42 Å². The molecule has 4 N–H and O–H groups in total. The zero-order chi connectivity index (χ0) is 20.5. The highest BCUT2D eigenvalue weighted by Crippen LogP contribution is 2.42. The van der Waals surface area contributed by atoms with E-state index in [4.69, 9.17) is 5.73 Å². The molecule has 3 aromatic carbocycles. The van der Waals surface area contributed by atoms with Gasteiger partial charge in [0.15, 0.2) is 23.1 Å². The van der Waals surface area contributed by atoms with Gasteiger partial charge in [-0.3, -0.25) is 9.59 Å². The van der Waals surface area contributed by atoms with E-state index in [-0.39, 0.29) is 29.5 Å². The first-order valence-electron chi connectivity index (χ1n) is 9.46. The van der Waals surface area contributed by atoms with Gasteiger partial charge in [0.2, 0.25) is 0 Å². The first kappa shape index (κ1) is 18.9. The van der Waals surface area contributed by atoms with Crippen molar-refractivity contribution in [2.24, 2.45) is 11.7 Å². The van der Waals surface area contributed by atoms with Crippen molar-refractivity contribution in [2.75, 3.05) is 0 Å². The molecule has 3 atom stereocenters. The third-order valence-electron chi connectivity index (χ3n) is 5.60. The summed E-state index contributed by atoms with van der Waals surface area (Å²) in [6.07, 6.45) is 0.288. The van der Waals surface area contributed by atoms with Gasteiger partial charge < -0.3 is 15.9 Å². The highest BCUT2D eigenvalue weighted by atomic mass is 16.3. The standard InChI is InChI=1S/C24H21NO4/c25-22-18(23(28)14-7-3-1-4-8-14)11-16-12-19(26)20(27)13-17(16)21(22)24(29)15-9-5-2-6-10-15/h1-10,12-13,18,21-22,26-27H,11,25H2. The first-order chi connectivity index (χ1) is 14.0. The summed E-state index contributed by atoms with van der Waals surface area (Å²) < 4.78 is 0. The van der Waals surface area contributed by atoms with Crippen LogP contribution >= 0.6 is 0 Å². The molecule has 0 bridgehead atoms. The Labute approximate surface area is 168 Å². The quantitative estimate of drug-likeness (QED) is 0.470. The summed E-state index contributed by atoms with van der Waals surface area (Å²) in [7, 11) is 0. The zero-order valence-corrected chi connectivity index (χ0v) is 15.7. The second-order valence-electron chi connectivity index (χ2n) is 7.37. The van der Waals surface area contributed by atoms with Crippen molar-refractivity contribution >= 4 is 11.6 Å². The zero-order valence-electron chi connectivity index (χ0n) is 15.7. The number of Topliss-reactive ketones (excluding diaryl/α,β-unsaturated/α-hetero) is 2. The predicted molar refractivity (Wildman–Crippen MR) is 109 cm³/mol. The molecule has 5 nitrogen and oxygen atoms in total. The average molecular weight is 387 g/mol. The van der Waals surface area contributed by atoms with Crippen LogP contribution in [0.3, 0.4) is 0 Å². The summed E-state index contributed by atoms with van der Waals surface area (Å²) in [4.78, 5) is 26.5. The largest absolute Gasteiger partial charge is 0.504 e. The lowest BCUT2D eigenvalue weighted by Crippen LogP contribution is -2.47. The fourth-order valence-electron chi connectivity index (χ4n) is 4.10. The van der Waals surface area contributed by atoms with Gasteiger partial charge in [0.25, 0.3) is 0 Å². The number of phenols is 2. The van der Waals surface area contributed by atoms with E-state index in [1.54, 1.807) is 48.5 Å². The molecule has 3 aromatic rings. The van der Waals surface area contributed by atoms with Crippen LogP contribution in [0.5, 0.6) is 11.5 Å². The number of carbonyl (C=O) groups excluding carboxylic acids is 2. The maximum absolute atomic E-state index is 13.3. The Hall–Kier alpha value is -3.44. The first-order valence-corrected chi connectivity index (χ1v) is 9.46. The van der Waals surface area contributed by atoms with Gasteiger partial charge in [-0.25, -0.2) is 0 Å². The Morgan fingerprint density at radius 3 is 1.90 bits per heavy atom. The summed E-state index contributed by atoms with van der Waals surface area (Å²) in [5, 5.41) is 20.0. The van der Waals surface area contributed by atoms with Crippen molar-refractivity contribution in [3.63, 3.8) is 0 Å². The van der Waals surface area contributed by atoms with E-state index in [2.05, 4.69) is 0 Å². The number of fused-ring (bicyclic) bond motifs is 1. The van der Waals surface area contributed by atoms with Crippen LogP contribution in [0, 0.1) is 5.92 Å². The Balaban J connectivity index is 1.81. The fraction of sp³-hybridized carbons (Fsp3) is 0.167. The Bertz CT molecular complexity index is 1060. The van der Waals surface area contributed by atoms with Gasteiger partial charge in [0.1, 0.15) is 0 Å². The molecule has 0 fully saturated rings. The molecule has 0 heterocycles. The van der Waals surface area contributed by atoms with E-state index < -0.39 is 17.9 Å². The number of phenolic OH excluding ortho intramolecular Hbond substituents is 2. The van der Waals surface area contributed by atoms with E-state index in [1.165, 1.54) is 12.1 Å². The summed E-state index contributed by atoms with van der Waals surface area (Å²) in [6, 6.07) is 19.7. The maximum Gasteiger partial charge on any atom is 0.171 e. The number of benzene rings is 3. The van der Waals surface area contributed by atoms with Crippen LogP contribution in [0.25, 0.3) is 0 Å². The summed E-state index contributed by atoms with van der Waals surface area (Å²) in [5.74, 6) is -2.36. The summed E-state index contributed by atoms with van der Waals surface area (Å²) in [6.45, 7) is 0. The lowest BCUT2D eigenvalue weighted by Gasteiger charge is -2.36. The van der Waals surface area contributed by atoms with Crippen molar-refractivity contribution in [1.82, 2.24) is 0 Å². The lowest BCUT2D eigenvalue weighted by atomic mass is 9.68. The van der Waals surface area contributed by atoms with Crippen LogP contribution in [-0.4, -0.2) is 27.8 Å². The van der Waals surface area contributed by atoms with E-state index in [9.17, 15) is 19.8 Å². The van der Waals surface area contributed by atoms with Crippen LogP contribution in [0.2, 0.25) is 0 Å². The second kappa shape index (κ2) is 7.53. The Morgan fingerprint density at radius 1 is 0.793 bits per heavy atom. The molecule has 0 saturated carbocycles. The molecular formula is C24H21NO4. The SMILES string of the molecule is NC1C(C(=O)c2ccccc2)Cc2cc(O)c(O)cc2C1C(=O)c1ccccc1. The molecule has 0 aromatic heterocycles. The maximum atomic E-state index is 13.3. The van der Waals surface area contributed by atoms with Gasteiger partial charge in [-0.1, -0.05) is 60.7 Å². The molecule has 3 unspecified atom stereocenters. The van der Waals surface area contributed by atoms with Crippen LogP contribution in [0.1, 0.15) is 37.8 Å². The van der Waals surface area contributed by atoms with Gasteiger partial charge >= 0.3 is 0 Å². The average Bonchev–Trinajstić information content (AvgIpc) is 2.75. The topological polar surface area (TPSA) is 101 Å². The number of aromatic hydroxyl groups is 2. The second-order valence-corrected chi connectivity index (χ2v) is 7.37. The third-order valence-corrected chi connectivity index (χ3v) is 5.60. The summed E-state index contributed by atoms with van der Waals surface area (Å²) >= 11 is 0. The molecule has 1 aliphatic carbocycles. The molecule has 146 valence electrons. The van der Waals surface area contributed by atoms with Crippen molar-refractivity contribution < 1.29 is 19.8 Å². The fourth-order valence-corrected chi connectivity index (χ4v) is 4.10. The normalized spacial score (nSPS) is 20.7. The van der Waals surface area contributed by atoms with Gasteiger partial charge in [0.05, 0.1) is 5.92 Å². The molecule has 1 aliphatic rings. The monoisotopic (exact) mass is 387 g/mol. The van der Waals surface area contributed by atoms with Crippen LogP contribution in [0.15, 0.2) is 72.8 Å². The van der Waals surface area contributed by atoms with E-state index in [0.29, 0.717) is 22.3 Å². The molecule has 0 radical (unpaired) electrons. The van der Waals surface area contributed by atoms with Crippen LogP contribution in [0.4, 0.5) is 0 Å². The smallest absolute Gasteiger partial charge is 0.171 e. The van der Waals surface area contributed by atoms with Crippen molar-refractivity contribution in [1.29, 1.82) is 0 Å².